The van der Waals surface area contributed by atoms with Crippen LogP contribution in [0.15, 0.2) is 12.1 Å². The summed E-state index contributed by atoms with van der Waals surface area (Å²) >= 11 is 0. The molecule has 0 saturated carbocycles. The minimum Gasteiger partial charge on any atom is -0.496 e. The van der Waals surface area contributed by atoms with Gasteiger partial charge in [0.05, 0.1) is 24.7 Å². The summed E-state index contributed by atoms with van der Waals surface area (Å²) in [5.41, 5.74) is 0.592. The van der Waals surface area contributed by atoms with E-state index in [1.165, 1.54) is 14.2 Å². The number of methoxy groups -OCH3 is 2. The number of hydrogen-bond donors (Lipinski definition) is 0. The molecule has 0 fully saturated rings. The Labute approximate surface area is 113 Å². The Morgan fingerprint density at radius 3 is 2.26 bits per heavy atom. The SMILES string of the molecule is COc1ccc(OC)c([N+](=O)[O-])c1CCCN(C)C. The summed E-state index contributed by atoms with van der Waals surface area (Å²) in [5, 5.41) is 11.2. The maximum Gasteiger partial charge on any atom is 0.317 e. The highest BCUT2D eigenvalue weighted by atomic mass is 16.6. The number of hydrogen-bond acceptors (Lipinski definition) is 5. The maximum absolute atomic E-state index is 11.2. The van der Waals surface area contributed by atoms with Crippen molar-refractivity contribution >= 4 is 5.69 Å². The number of ether oxygens (including phenoxy) is 2. The zero-order chi connectivity index (χ0) is 14.4. The van der Waals surface area contributed by atoms with E-state index in [1.807, 2.05) is 19.0 Å². The van der Waals surface area contributed by atoms with Gasteiger partial charge in [-0.25, -0.2) is 0 Å². The van der Waals surface area contributed by atoms with E-state index in [4.69, 9.17) is 9.47 Å². The van der Waals surface area contributed by atoms with Crippen LogP contribution in [0.2, 0.25) is 0 Å². The van der Waals surface area contributed by atoms with Crippen LogP contribution >= 0.6 is 0 Å². The van der Waals surface area contributed by atoms with Gasteiger partial charge in [-0.15, -0.1) is 0 Å². The van der Waals surface area contributed by atoms with Crippen molar-refractivity contribution in [2.45, 2.75) is 12.8 Å². The highest BCUT2D eigenvalue weighted by Crippen LogP contribution is 2.37. The Morgan fingerprint density at radius 1 is 1.21 bits per heavy atom. The van der Waals surface area contributed by atoms with E-state index in [2.05, 4.69) is 0 Å². The van der Waals surface area contributed by atoms with Gasteiger partial charge in [0.1, 0.15) is 5.75 Å². The van der Waals surface area contributed by atoms with Crippen molar-refractivity contribution in [3.63, 3.8) is 0 Å². The highest BCUT2D eigenvalue weighted by molar-refractivity contribution is 5.59. The molecule has 1 aromatic carbocycles. The van der Waals surface area contributed by atoms with Gasteiger partial charge in [-0.1, -0.05) is 0 Å². The number of nitrogens with zero attached hydrogens (tertiary/aromatic N) is 2. The minimum atomic E-state index is -0.410. The Bertz CT molecular complexity index is 447. The van der Waals surface area contributed by atoms with E-state index < -0.39 is 4.92 Å². The van der Waals surface area contributed by atoms with Gasteiger partial charge in [0.2, 0.25) is 0 Å². The summed E-state index contributed by atoms with van der Waals surface area (Å²) in [4.78, 5) is 12.9. The van der Waals surface area contributed by atoms with Crippen LogP contribution in [0.25, 0.3) is 0 Å². The zero-order valence-corrected chi connectivity index (χ0v) is 11.8. The molecule has 0 aliphatic rings. The van der Waals surface area contributed by atoms with Crippen LogP contribution in [0.3, 0.4) is 0 Å². The molecule has 0 atom stereocenters. The second kappa shape index (κ2) is 6.94. The number of rotatable bonds is 7. The normalized spacial score (nSPS) is 10.6. The lowest BCUT2D eigenvalue weighted by Gasteiger charge is -2.13. The molecule has 0 unspecified atom stereocenters. The van der Waals surface area contributed by atoms with Crippen LogP contribution in [0.1, 0.15) is 12.0 Å². The summed E-state index contributed by atoms with van der Waals surface area (Å²) in [7, 11) is 6.88. The predicted molar refractivity (Wildman–Crippen MR) is 73.1 cm³/mol. The molecular weight excluding hydrogens is 248 g/mol. The molecule has 0 N–H and O–H groups in total. The first-order valence-electron chi connectivity index (χ1n) is 6.04. The van der Waals surface area contributed by atoms with Crippen LogP contribution < -0.4 is 9.47 Å². The Morgan fingerprint density at radius 2 is 1.79 bits per heavy atom. The second-order valence-corrected chi connectivity index (χ2v) is 4.46. The molecule has 0 aromatic heterocycles. The fraction of sp³-hybridized carbons (Fsp3) is 0.538. The molecular formula is C13H20N2O4. The molecule has 6 heteroatoms. The average Bonchev–Trinajstić information content (AvgIpc) is 2.37. The maximum atomic E-state index is 11.2. The van der Waals surface area contributed by atoms with Gasteiger partial charge in [-0.2, -0.15) is 0 Å². The van der Waals surface area contributed by atoms with Crippen LogP contribution in [0.5, 0.6) is 11.5 Å². The molecule has 19 heavy (non-hydrogen) atoms. The average molecular weight is 268 g/mol. The predicted octanol–water partition coefficient (Wildman–Crippen LogP) is 2.11. The van der Waals surface area contributed by atoms with Gasteiger partial charge in [0, 0.05) is 0 Å². The van der Waals surface area contributed by atoms with Crippen molar-refractivity contribution in [3.8, 4) is 11.5 Å². The van der Waals surface area contributed by atoms with E-state index in [0.717, 1.165) is 13.0 Å². The molecule has 0 spiro atoms. The zero-order valence-electron chi connectivity index (χ0n) is 11.8. The Hall–Kier alpha value is -1.82. The van der Waals surface area contributed by atoms with Gasteiger partial charge < -0.3 is 14.4 Å². The van der Waals surface area contributed by atoms with Crippen molar-refractivity contribution in [3.05, 3.63) is 27.8 Å². The van der Waals surface area contributed by atoms with Gasteiger partial charge in [0.25, 0.3) is 0 Å². The molecule has 106 valence electrons. The van der Waals surface area contributed by atoms with Gasteiger partial charge in [0.15, 0.2) is 5.75 Å². The molecule has 6 nitrogen and oxygen atoms in total. The van der Waals surface area contributed by atoms with Gasteiger partial charge in [-0.05, 0) is 45.6 Å². The van der Waals surface area contributed by atoms with Crippen LogP contribution in [-0.2, 0) is 6.42 Å². The summed E-state index contributed by atoms with van der Waals surface area (Å²) < 4.78 is 10.3. The number of nitro benzene ring substituents is 1. The molecule has 0 saturated heterocycles. The summed E-state index contributed by atoms with van der Waals surface area (Å²) in [6.45, 7) is 0.859. The topological polar surface area (TPSA) is 64.8 Å². The molecule has 1 aromatic rings. The number of benzene rings is 1. The van der Waals surface area contributed by atoms with Crippen molar-refractivity contribution in [2.75, 3.05) is 34.9 Å². The summed E-state index contributed by atoms with van der Waals surface area (Å²) in [6.07, 6.45) is 1.40. The van der Waals surface area contributed by atoms with Crippen LogP contribution in [0, 0.1) is 10.1 Å². The van der Waals surface area contributed by atoms with Crippen molar-refractivity contribution < 1.29 is 14.4 Å². The van der Waals surface area contributed by atoms with E-state index >= 15 is 0 Å². The van der Waals surface area contributed by atoms with Crippen molar-refractivity contribution in [1.29, 1.82) is 0 Å². The van der Waals surface area contributed by atoms with Crippen LogP contribution in [-0.4, -0.2) is 44.7 Å². The molecule has 0 bridgehead atoms. The summed E-state index contributed by atoms with van der Waals surface area (Å²) in [5.74, 6) is 0.803. The smallest absolute Gasteiger partial charge is 0.317 e. The third kappa shape index (κ3) is 3.82. The van der Waals surface area contributed by atoms with E-state index in [-0.39, 0.29) is 11.4 Å². The lowest BCUT2D eigenvalue weighted by Crippen LogP contribution is -2.14. The van der Waals surface area contributed by atoms with Gasteiger partial charge >= 0.3 is 5.69 Å². The monoisotopic (exact) mass is 268 g/mol. The summed E-state index contributed by atoms with van der Waals surface area (Å²) in [6, 6.07) is 3.27. The Kier molecular flexibility index (Phi) is 5.57. The highest BCUT2D eigenvalue weighted by Gasteiger charge is 2.24. The molecule has 0 amide bonds. The molecule has 0 radical (unpaired) electrons. The van der Waals surface area contributed by atoms with E-state index in [9.17, 15) is 10.1 Å². The quantitative estimate of drug-likeness (QED) is 0.559. The third-order valence-electron chi connectivity index (χ3n) is 2.86. The fourth-order valence-corrected chi connectivity index (χ4v) is 1.97. The van der Waals surface area contributed by atoms with Gasteiger partial charge in [-0.3, -0.25) is 10.1 Å². The first kappa shape index (κ1) is 15.2. The standard InChI is InChI=1S/C13H20N2O4/c1-14(2)9-5-6-10-11(18-3)7-8-12(19-4)13(10)15(16)17/h7-8H,5-6,9H2,1-4H3. The van der Waals surface area contributed by atoms with Crippen molar-refractivity contribution in [1.82, 2.24) is 4.90 Å². The Balaban J connectivity index is 3.12. The lowest BCUT2D eigenvalue weighted by atomic mass is 10.1. The van der Waals surface area contributed by atoms with Crippen LogP contribution in [0.4, 0.5) is 5.69 Å². The lowest BCUT2D eigenvalue weighted by molar-refractivity contribution is -0.386. The largest absolute Gasteiger partial charge is 0.496 e. The third-order valence-corrected chi connectivity index (χ3v) is 2.86. The van der Waals surface area contributed by atoms with E-state index in [0.29, 0.717) is 17.7 Å². The molecule has 0 heterocycles. The van der Waals surface area contributed by atoms with E-state index in [1.54, 1.807) is 12.1 Å². The fourth-order valence-electron chi connectivity index (χ4n) is 1.97. The first-order chi connectivity index (χ1) is 9.01. The molecule has 0 aliphatic carbocycles. The molecule has 1 rings (SSSR count). The first-order valence-corrected chi connectivity index (χ1v) is 6.04. The number of nitro groups is 1. The minimum absolute atomic E-state index is 0.000561. The molecule has 0 aliphatic heterocycles. The van der Waals surface area contributed by atoms with Crippen molar-refractivity contribution in [2.24, 2.45) is 0 Å². The second-order valence-electron chi connectivity index (χ2n) is 4.46.